The topological polar surface area (TPSA) is 116 Å². The first-order chi connectivity index (χ1) is 9.31. The summed E-state index contributed by atoms with van der Waals surface area (Å²) in [7, 11) is 0. The molecule has 0 fully saturated rings. The summed E-state index contributed by atoms with van der Waals surface area (Å²) >= 11 is 0. The van der Waals surface area contributed by atoms with Gasteiger partial charge in [-0.3, -0.25) is 9.59 Å². The lowest BCUT2D eigenvalue weighted by Gasteiger charge is -1.87. The standard InChI is InChI=1S/C4H9NO.C4H6O3.C2H7N.2C2H6/c1-4(6)2-3-5;1-3(5)7-4(2)6;1-2-3;2*1-2/h6H,1-3,5H2;1-2H3;2-3H2,1H3;2*1-2H3. The molecule has 0 heterocycles. The Morgan fingerprint density at radius 2 is 1.30 bits per heavy atom. The van der Waals surface area contributed by atoms with Crippen LogP contribution in [0.2, 0.25) is 0 Å². The molecular formula is C14H34N2O4. The van der Waals surface area contributed by atoms with Gasteiger partial charge in [-0.1, -0.05) is 41.2 Å². The van der Waals surface area contributed by atoms with Crippen LogP contribution in [0.4, 0.5) is 0 Å². The van der Waals surface area contributed by atoms with Crippen LogP contribution in [0.15, 0.2) is 12.3 Å². The second-order valence-electron chi connectivity index (χ2n) is 2.60. The summed E-state index contributed by atoms with van der Waals surface area (Å²) in [5.74, 6) is -0.961. The largest absolute Gasteiger partial charge is 0.513 e. The number of aliphatic hydroxyl groups excluding tert-OH is 1. The predicted octanol–water partition coefficient (Wildman–Crippen LogP) is 2.52. The van der Waals surface area contributed by atoms with Gasteiger partial charge in [-0.05, 0) is 13.1 Å². The molecule has 0 aromatic carbocycles. The molecule has 0 unspecified atom stereocenters. The molecule has 0 spiro atoms. The molecule has 0 aliphatic heterocycles. The van der Waals surface area contributed by atoms with E-state index in [-0.39, 0.29) is 5.76 Å². The van der Waals surface area contributed by atoms with Crippen molar-refractivity contribution in [3.63, 3.8) is 0 Å². The lowest BCUT2D eigenvalue weighted by molar-refractivity contribution is -0.156. The van der Waals surface area contributed by atoms with Gasteiger partial charge in [-0.15, -0.1) is 0 Å². The highest BCUT2D eigenvalue weighted by atomic mass is 16.6. The van der Waals surface area contributed by atoms with E-state index in [1.807, 2.05) is 34.6 Å². The van der Waals surface area contributed by atoms with Crippen molar-refractivity contribution in [2.24, 2.45) is 11.5 Å². The Labute approximate surface area is 124 Å². The Balaban J connectivity index is -0.0000000524. The first-order valence-corrected chi connectivity index (χ1v) is 6.77. The number of hydrogen-bond acceptors (Lipinski definition) is 6. The van der Waals surface area contributed by atoms with Crippen molar-refractivity contribution in [1.29, 1.82) is 0 Å². The number of esters is 2. The number of ether oxygens (including phenoxy) is 1. The lowest BCUT2D eigenvalue weighted by atomic mass is 10.4. The quantitative estimate of drug-likeness (QED) is 0.409. The van der Waals surface area contributed by atoms with Crippen LogP contribution in [0.5, 0.6) is 0 Å². The summed E-state index contributed by atoms with van der Waals surface area (Å²) in [5, 5.41) is 8.28. The zero-order valence-electron chi connectivity index (χ0n) is 14.2. The van der Waals surface area contributed by atoms with Crippen LogP contribution in [0.1, 0.15) is 54.9 Å². The van der Waals surface area contributed by atoms with Crippen LogP contribution in [-0.2, 0) is 14.3 Å². The maximum absolute atomic E-state index is 9.81. The van der Waals surface area contributed by atoms with Crippen molar-refractivity contribution in [3.8, 4) is 0 Å². The van der Waals surface area contributed by atoms with Gasteiger partial charge in [0, 0.05) is 20.3 Å². The number of rotatable bonds is 2. The van der Waals surface area contributed by atoms with Gasteiger partial charge in [0.2, 0.25) is 0 Å². The van der Waals surface area contributed by atoms with Gasteiger partial charge < -0.3 is 21.3 Å². The molecule has 0 atom stereocenters. The highest BCUT2D eigenvalue weighted by molar-refractivity contribution is 5.82. The Morgan fingerprint density at radius 3 is 1.30 bits per heavy atom. The van der Waals surface area contributed by atoms with Gasteiger partial charge in [0.15, 0.2) is 0 Å². The maximum Gasteiger partial charge on any atom is 0.310 e. The summed E-state index contributed by atoms with van der Waals surface area (Å²) in [6, 6.07) is 0. The van der Waals surface area contributed by atoms with Gasteiger partial charge in [-0.25, -0.2) is 0 Å². The molecule has 0 saturated carbocycles. The molecule has 0 saturated heterocycles. The number of hydrogen-bond donors (Lipinski definition) is 3. The number of aliphatic hydroxyl groups is 1. The molecule has 6 nitrogen and oxygen atoms in total. The second-order valence-corrected chi connectivity index (χ2v) is 2.60. The van der Waals surface area contributed by atoms with Crippen molar-refractivity contribution in [3.05, 3.63) is 12.3 Å². The highest BCUT2D eigenvalue weighted by Gasteiger charge is 1.93. The minimum Gasteiger partial charge on any atom is -0.513 e. The van der Waals surface area contributed by atoms with Gasteiger partial charge in [0.05, 0.1) is 5.76 Å². The minimum atomic E-state index is -0.562. The summed E-state index contributed by atoms with van der Waals surface area (Å²) in [4.78, 5) is 19.6. The average molecular weight is 294 g/mol. The molecule has 0 aliphatic carbocycles. The van der Waals surface area contributed by atoms with Crippen LogP contribution in [0, 0.1) is 0 Å². The fraction of sp³-hybridized carbons (Fsp3) is 0.714. The van der Waals surface area contributed by atoms with E-state index >= 15 is 0 Å². The van der Waals surface area contributed by atoms with E-state index in [2.05, 4.69) is 11.3 Å². The third kappa shape index (κ3) is 129. The van der Waals surface area contributed by atoms with E-state index in [1.165, 1.54) is 13.8 Å². The van der Waals surface area contributed by atoms with Crippen LogP contribution in [0.25, 0.3) is 0 Å². The van der Waals surface area contributed by atoms with E-state index < -0.39 is 11.9 Å². The van der Waals surface area contributed by atoms with Crippen molar-refractivity contribution < 1.29 is 19.4 Å². The van der Waals surface area contributed by atoms with Crippen molar-refractivity contribution >= 4 is 11.9 Å². The lowest BCUT2D eigenvalue weighted by Crippen LogP contribution is -2.03. The molecule has 0 radical (unpaired) electrons. The molecule has 124 valence electrons. The van der Waals surface area contributed by atoms with E-state index in [4.69, 9.17) is 16.6 Å². The second kappa shape index (κ2) is 36.0. The number of nitrogens with two attached hydrogens (primary N) is 2. The fourth-order valence-electron chi connectivity index (χ4n) is 0.369. The molecule has 0 amide bonds. The Kier molecular flexibility index (Phi) is 56.1. The molecule has 6 heteroatoms. The van der Waals surface area contributed by atoms with Gasteiger partial charge in [0.1, 0.15) is 0 Å². The molecule has 5 N–H and O–H groups in total. The molecule has 20 heavy (non-hydrogen) atoms. The summed E-state index contributed by atoms with van der Waals surface area (Å²) in [5.41, 5.74) is 9.86. The van der Waals surface area contributed by atoms with Crippen molar-refractivity contribution in [1.82, 2.24) is 0 Å². The van der Waals surface area contributed by atoms with E-state index in [0.29, 0.717) is 13.0 Å². The van der Waals surface area contributed by atoms with Gasteiger partial charge in [0.25, 0.3) is 0 Å². The normalized spacial score (nSPS) is 6.65. The Bertz CT molecular complexity index is 195. The highest BCUT2D eigenvalue weighted by Crippen LogP contribution is 1.84. The zero-order valence-corrected chi connectivity index (χ0v) is 14.2. The van der Waals surface area contributed by atoms with Gasteiger partial charge >= 0.3 is 11.9 Å². The summed E-state index contributed by atoms with van der Waals surface area (Å²) in [6.45, 7) is 16.7. The minimum absolute atomic E-state index is 0.164. The molecule has 0 aromatic rings. The zero-order chi connectivity index (χ0) is 17.6. The first kappa shape index (κ1) is 31.2. The van der Waals surface area contributed by atoms with Crippen LogP contribution in [-0.4, -0.2) is 30.1 Å². The van der Waals surface area contributed by atoms with E-state index in [1.54, 1.807) is 0 Å². The van der Waals surface area contributed by atoms with Gasteiger partial charge in [-0.2, -0.15) is 0 Å². The molecule has 0 rings (SSSR count). The molecular weight excluding hydrogens is 260 g/mol. The third-order valence-corrected chi connectivity index (χ3v) is 0.720. The smallest absolute Gasteiger partial charge is 0.310 e. The Morgan fingerprint density at radius 1 is 1.05 bits per heavy atom. The molecule has 0 aromatic heterocycles. The first-order valence-electron chi connectivity index (χ1n) is 6.77. The number of carbonyl (C=O) groups is 2. The van der Waals surface area contributed by atoms with Crippen LogP contribution < -0.4 is 11.5 Å². The fourth-order valence-corrected chi connectivity index (χ4v) is 0.369. The maximum atomic E-state index is 9.81. The Hall–Kier alpha value is -1.40. The van der Waals surface area contributed by atoms with Crippen molar-refractivity contribution in [2.45, 2.75) is 54.9 Å². The van der Waals surface area contributed by atoms with Crippen LogP contribution >= 0.6 is 0 Å². The van der Waals surface area contributed by atoms with Crippen molar-refractivity contribution in [2.75, 3.05) is 13.1 Å². The number of carbonyl (C=O) groups excluding carboxylic acids is 2. The van der Waals surface area contributed by atoms with E-state index in [0.717, 1.165) is 6.54 Å². The van der Waals surface area contributed by atoms with Crippen LogP contribution in [0.3, 0.4) is 0 Å². The summed E-state index contributed by atoms with van der Waals surface area (Å²) < 4.78 is 3.97. The monoisotopic (exact) mass is 294 g/mol. The summed E-state index contributed by atoms with van der Waals surface area (Å²) in [6.07, 6.45) is 0.514. The van der Waals surface area contributed by atoms with E-state index in [9.17, 15) is 9.59 Å². The predicted molar refractivity (Wildman–Crippen MR) is 85.3 cm³/mol. The SMILES string of the molecule is C=C(O)CCN.CC.CC.CC(=O)OC(C)=O.CCN. The molecule has 0 aliphatic rings. The average Bonchev–Trinajstić information content (AvgIpc) is 2.34. The third-order valence-electron chi connectivity index (χ3n) is 0.720. The molecule has 0 bridgehead atoms.